The first-order valence-corrected chi connectivity index (χ1v) is 10.5. The van der Waals surface area contributed by atoms with E-state index in [1.165, 1.54) is 12.1 Å². The number of imide groups is 2. The average Bonchev–Trinajstić information content (AvgIpc) is 3.03. The largest absolute Gasteiger partial charge is 0.398 e. The highest BCUT2D eigenvalue weighted by Crippen LogP contribution is 2.31. The Morgan fingerprint density at radius 2 is 1.56 bits per heavy atom. The third-order valence-corrected chi connectivity index (χ3v) is 5.24. The van der Waals surface area contributed by atoms with Gasteiger partial charge in [0.05, 0.1) is 57.3 Å². The summed E-state index contributed by atoms with van der Waals surface area (Å²) in [5.74, 6) is -2.14. The highest BCUT2D eigenvalue weighted by molar-refractivity contribution is 6.25. The van der Waals surface area contributed by atoms with Crippen molar-refractivity contribution in [2.75, 3.05) is 58.5 Å². The fourth-order valence-corrected chi connectivity index (χ4v) is 3.69. The maximum absolute atomic E-state index is 13.0. The van der Waals surface area contributed by atoms with Crippen LogP contribution in [0.1, 0.15) is 33.6 Å². The van der Waals surface area contributed by atoms with Crippen molar-refractivity contribution in [1.29, 1.82) is 0 Å². The zero-order chi connectivity index (χ0) is 23.1. The second kappa shape index (κ2) is 11.1. The van der Waals surface area contributed by atoms with Gasteiger partial charge in [-0.3, -0.25) is 29.0 Å². The summed E-state index contributed by atoms with van der Waals surface area (Å²) in [4.78, 5) is 52.8. The number of fused-ring (bicyclic) bond motifs is 1. The number of nitrogen functional groups attached to an aromatic ring is 1. The molecule has 0 bridgehead atoms. The molecule has 2 aliphatic heterocycles. The minimum absolute atomic E-state index is 0.0269. The molecule has 0 saturated carbocycles. The molecule has 1 unspecified atom stereocenters. The van der Waals surface area contributed by atoms with Gasteiger partial charge in [-0.2, -0.15) is 0 Å². The molecule has 0 radical (unpaired) electrons. The molecule has 0 aromatic heterocycles. The van der Waals surface area contributed by atoms with Gasteiger partial charge < -0.3 is 25.7 Å². The van der Waals surface area contributed by atoms with Gasteiger partial charge in [0.15, 0.2) is 0 Å². The molecule has 1 fully saturated rings. The van der Waals surface area contributed by atoms with Gasteiger partial charge in [-0.25, -0.2) is 0 Å². The molecule has 174 valence electrons. The number of amides is 4. The van der Waals surface area contributed by atoms with Crippen LogP contribution in [0.15, 0.2) is 18.2 Å². The van der Waals surface area contributed by atoms with Gasteiger partial charge >= 0.3 is 0 Å². The number of carbonyl (C=O) groups is 4. The van der Waals surface area contributed by atoms with Crippen LogP contribution in [-0.4, -0.2) is 92.2 Å². The first kappa shape index (κ1) is 23.8. The number of hydrogen-bond acceptors (Lipinski definition) is 9. The van der Waals surface area contributed by atoms with E-state index in [9.17, 15) is 19.2 Å². The minimum atomic E-state index is -1.05. The summed E-state index contributed by atoms with van der Waals surface area (Å²) in [5.41, 5.74) is 11.6. The van der Waals surface area contributed by atoms with Gasteiger partial charge in [0.2, 0.25) is 5.91 Å². The molecule has 32 heavy (non-hydrogen) atoms. The number of ether oxygens (including phenoxy) is 3. The lowest BCUT2D eigenvalue weighted by atomic mass is 10.0. The SMILES string of the molecule is NCCOCCOCCOCCN1C(=O)CCC(N2C(=O)c3cccc(N)c3C2=O)C1=O. The number of carbonyl (C=O) groups excluding carboxylic acids is 4. The Morgan fingerprint density at radius 1 is 0.906 bits per heavy atom. The fraction of sp³-hybridized carbons (Fsp3) is 0.524. The molecule has 1 aromatic rings. The van der Waals surface area contributed by atoms with E-state index in [2.05, 4.69) is 0 Å². The van der Waals surface area contributed by atoms with Crippen LogP contribution in [0.3, 0.4) is 0 Å². The lowest BCUT2D eigenvalue weighted by Gasteiger charge is -2.34. The Bertz CT molecular complexity index is 876. The van der Waals surface area contributed by atoms with Crippen molar-refractivity contribution in [3.8, 4) is 0 Å². The number of likely N-dealkylation sites (tertiary alicyclic amines) is 1. The van der Waals surface area contributed by atoms with Crippen molar-refractivity contribution >= 4 is 29.3 Å². The van der Waals surface area contributed by atoms with Crippen LogP contribution >= 0.6 is 0 Å². The van der Waals surface area contributed by atoms with Crippen molar-refractivity contribution < 1.29 is 33.4 Å². The third kappa shape index (κ3) is 5.13. The maximum atomic E-state index is 13.0. The maximum Gasteiger partial charge on any atom is 0.264 e. The zero-order valence-corrected chi connectivity index (χ0v) is 17.8. The number of rotatable bonds is 12. The normalized spacial score (nSPS) is 18.6. The van der Waals surface area contributed by atoms with E-state index < -0.39 is 23.8 Å². The molecule has 0 aliphatic carbocycles. The van der Waals surface area contributed by atoms with Gasteiger partial charge in [-0.15, -0.1) is 0 Å². The standard InChI is InChI=1S/C21H28N4O7/c22-6-8-30-10-12-32-13-11-31-9-7-24-17(26)5-4-16(20(24)28)25-19(27)14-2-1-3-15(23)18(14)21(25)29/h1-3,16H,4-13,22-23H2. The van der Waals surface area contributed by atoms with Gasteiger partial charge in [0.1, 0.15) is 6.04 Å². The van der Waals surface area contributed by atoms with Crippen LogP contribution in [0.2, 0.25) is 0 Å². The molecule has 1 aromatic carbocycles. The highest BCUT2D eigenvalue weighted by Gasteiger charge is 2.47. The van der Waals surface area contributed by atoms with Crippen molar-refractivity contribution in [2.45, 2.75) is 18.9 Å². The number of anilines is 1. The number of nitrogens with zero attached hydrogens (tertiary/aromatic N) is 2. The molecular formula is C21H28N4O7. The first-order valence-electron chi connectivity index (χ1n) is 10.5. The number of piperidine rings is 1. The summed E-state index contributed by atoms with van der Waals surface area (Å²) in [7, 11) is 0. The molecule has 1 atom stereocenters. The smallest absolute Gasteiger partial charge is 0.264 e. The van der Waals surface area contributed by atoms with Crippen molar-refractivity contribution in [3.63, 3.8) is 0 Å². The fourth-order valence-electron chi connectivity index (χ4n) is 3.69. The molecule has 4 amide bonds. The summed E-state index contributed by atoms with van der Waals surface area (Å²) in [6.07, 6.45) is 0.131. The Labute approximate surface area is 185 Å². The molecule has 4 N–H and O–H groups in total. The van der Waals surface area contributed by atoms with Crippen molar-refractivity contribution in [2.24, 2.45) is 5.73 Å². The van der Waals surface area contributed by atoms with Crippen LogP contribution in [-0.2, 0) is 23.8 Å². The van der Waals surface area contributed by atoms with E-state index in [0.717, 1.165) is 9.80 Å². The second-order valence-electron chi connectivity index (χ2n) is 7.31. The number of benzene rings is 1. The van der Waals surface area contributed by atoms with Gasteiger partial charge in [-0.05, 0) is 18.6 Å². The van der Waals surface area contributed by atoms with E-state index in [1.807, 2.05) is 0 Å². The summed E-state index contributed by atoms with van der Waals surface area (Å²) in [6, 6.07) is 3.56. The highest BCUT2D eigenvalue weighted by atomic mass is 16.5. The predicted molar refractivity (Wildman–Crippen MR) is 113 cm³/mol. The monoisotopic (exact) mass is 448 g/mol. The summed E-state index contributed by atoms with van der Waals surface area (Å²) >= 11 is 0. The van der Waals surface area contributed by atoms with E-state index in [0.29, 0.717) is 33.0 Å². The summed E-state index contributed by atoms with van der Waals surface area (Å²) < 4.78 is 15.9. The van der Waals surface area contributed by atoms with E-state index in [1.54, 1.807) is 6.07 Å². The number of hydrogen-bond donors (Lipinski definition) is 2. The third-order valence-electron chi connectivity index (χ3n) is 5.24. The zero-order valence-electron chi connectivity index (χ0n) is 17.8. The van der Waals surface area contributed by atoms with E-state index >= 15 is 0 Å². The Morgan fingerprint density at radius 3 is 2.22 bits per heavy atom. The predicted octanol–water partition coefficient (Wildman–Crippen LogP) is -0.609. The molecular weight excluding hydrogens is 420 g/mol. The van der Waals surface area contributed by atoms with E-state index in [4.69, 9.17) is 25.7 Å². The van der Waals surface area contributed by atoms with Crippen LogP contribution in [0, 0.1) is 0 Å². The van der Waals surface area contributed by atoms with Gasteiger partial charge in [0, 0.05) is 18.7 Å². The average molecular weight is 448 g/mol. The van der Waals surface area contributed by atoms with Gasteiger partial charge in [-0.1, -0.05) is 6.07 Å². The van der Waals surface area contributed by atoms with Crippen LogP contribution in [0.25, 0.3) is 0 Å². The Hall–Kier alpha value is -2.86. The van der Waals surface area contributed by atoms with Crippen LogP contribution < -0.4 is 11.5 Å². The van der Waals surface area contributed by atoms with Crippen molar-refractivity contribution in [3.05, 3.63) is 29.3 Å². The van der Waals surface area contributed by atoms with Crippen molar-refractivity contribution in [1.82, 2.24) is 9.80 Å². The lowest BCUT2D eigenvalue weighted by molar-refractivity contribution is -0.152. The van der Waals surface area contributed by atoms with Gasteiger partial charge in [0.25, 0.3) is 17.7 Å². The van der Waals surface area contributed by atoms with Crippen LogP contribution in [0.4, 0.5) is 5.69 Å². The summed E-state index contributed by atoms with van der Waals surface area (Å²) in [6.45, 7) is 2.57. The topological polar surface area (TPSA) is 154 Å². The molecule has 3 rings (SSSR count). The molecule has 11 heteroatoms. The van der Waals surface area contributed by atoms with Crippen LogP contribution in [0.5, 0.6) is 0 Å². The first-order chi connectivity index (χ1) is 15.5. The molecule has 11 nitrogen and oxygen atoms in total. The van der Waals surface area contributed by atoms with E-state index in [-0.39, 0.29) is 55.3 Å². The molecule has 1 saturated heterocycles. The molecule has 2 aliphatic rings. The minimum Gasteiger partial charge on any atom is -0.398 e. The Balaban J connectivity index is 1.49. The molecule has 2 heterocycles. The quantitative estimate of drug-likeness (QED) is 0.242. The Kier molecular flexibility index (Phi) is 8.28. The second-order valence-corrected chi connectivity index (χ2v) is 7.31. The number of nitrogens with two attached hydrogens (primary N) is 2. The lowest BCUT2D eigenvalue weighted by Crippen LogP contribution is -2.56. The summed E-state index contributed by atoms with van der Waals surface area (Å²) in [5, 5.41) is 0. The molecule has 0 spiro atoms.